The van der Waals surface area contributed by atoms with Gasteiger partial charge in [-0.25, -0.2) is 0 Å². The normalized spacial score (nSPS) is 11.8. The molecule has 21 heavy (non-hydrogen) atoms. The average molecular weight is 287 g/mol. The van der Waals surface area contributed by atoms with E-state index < -0.39 is 0 Å². The fourth-order valence-electron chi connectivity index (χ4n) is 2.34. The van der Waals surface area contributed by atoms with Crippen LogP contribution in [0.2, 0.25) is 0 Å². The van der Waals surface area contributed by atoms with Crippen molar-refractivity contribution >= 4 is 5.69 Å². The molecule has 1 atom stereocenters. The van der Waals surface area contributed by atoms with Crippen molar-refractivity contribution in [3.8, 4) is 17.2 Å². The minimum atomic E-state index is -0.00722. The minimum Gasteiger partial charge on any atom is -0.507 e. The lowest BCUT2D eigenvalue weighted by Gasteiger charge is -2.29. The van der Waals surface area contributed by atoms with Crippen LogP contribution in [-0.2, 0) is 0 Å². The third-order valence-corrected chi connectivity index (χ3v) is 3.73. The first kappa shape index (κ1) is 15.0. The summed E-state index contributed by atoms with van der Waals surface area (Å²) in [6.45, 7) is 2.04. The van der Waals surface area contributed by atoms with Gasteiger partial charge in [0, 0.05) is 18.7 Å². The van der Waals surface area contributed by atoms with Gasteiger partial charge in [-0.3, -0.25) is 0 Å². The standard InChI is InChI=1S/C17H21NO3/c1-12(14-10-9-13(20-3)11-16(14)19)18(2)15-7-5-6-8-17(15)21-4/h5-12,19H,1-4H3. The van der Waals surface area contributed by atoms with Crippen LogP contribution in [0.25, 0.3) is 0 Å². The van der Waals surface area contributed by atoms with Gasteiger partial charge in [0.1, 0.15) is 17.2 Å². The highest BCUT2D eigenvalue weighted by molar-refractivity contribution is 5.60. The van der Waals surface area contributed by atoms with Gasteiger partial charge in [0.15, 0.2) is 0 Å². The van der Waals surface area contributed by atoms with Gasteiger partial charge in [-0.1, -0.05) is 12.1 Å². The molecule has 0 radical (unpaired) electrons. The maximum atomic E-state index is 10.2. The van der Waals surface area contributed by atoms with E-state index >= 15 is 0 Å². The molecule has 1 N–H and O–H groups in total. The number of hydrogen-bond donors (Lipinski definition) is 1. The van der Waals surface area contributed by atoms with E-state index in [0.717, 1.165) is 17.0 Å². The zero-order chi connectivity index (χ0) is 15.4. The molecule has 2 aromatic carbocycles. The van der Waals surface area contributed by atoms with Crippen molar-refractivity contribution in [2.75, 3.05) is 26.2 Å². The van der Waals surface area contributed by atoms with Crippen LogP contribution < -0.4 is 14.4 Å². The van der Waals surface area contributed by atoms with Gasteiger partial charge in [-0.15, -0.1) is 0 Å². The van der Waals surface area contributed by atoms with E-state index in [0.29, 0.717) is 5.75 Å². The molecule has 112 valence electrons. The summed E-state index contributed by atoms with van der Waals surface area (Å²) in [5.41, 5.74) is 1.81. The SMILES string of the molecule is COc1ccc(C(C)N(C)c2ccccc2OC)c(O)c1. The van der Waals surface area contributed by atoms with Gasteiger partial charge in [0.2, 0.25) is 0 Å². The maximum absolute atomic E-state index is 10.2. The molecule has 4 nitrogen and oxygen atoms in total. The molecule has 0 aromatic heterocycles. The van der Waals surface area contributed by atoms with Crippen LogP contribution in [0.4, 0.5) is 5.69 Å². The predicted molar refractivity (Wildman–Crippen MR) is 84.5 cm³/mol. The smallest absolute Gasteiger partial charge is 0.142 e. The Morgan fingerprint density at radius 2 is 1.76 bits per heavy atom. The van der Waals surface area contributed by atoms with E-state index in [1.807, 2.05) is 50.4 Å². The van der Waals surface area contributed by atoms with Crippen molar-refractivity contribution < 1.29 is 14.6 Å². The lowest BCUT2D eigenvalue weighted by atomic mass is 10.0. The Labute approximate surface area is 125 Å². The number of methoxy groups -OCH3 is 2. The molecular formula is C17H21NO3. The highest BCUT2D eigenvalue weighted by Crippen LogP contribution is 2.36. The van der Waals surface area contributed by atoms with Crippen LogP contribution in [0.5, 0.6) is 17.2 Å². The predicted octanol–water partition coefficient (Wildman–Crippen LogP) is 3.61. The van der Waals surface area contributed by atoms with Crippen molar-refractivity contribution in [2.24, 2.45) is 0 Å². The van der Waals surface area contributed by atoms with Crippen molar-refractivity contribution in [2.45, 2.75) is 13.0 Å². The number of aromatic hydroxyl groups is 1. The highest BCUT2D eigenvalue weighted by Gasteiger charge is 2.18. The topological polar surface area (TPSA) is 41.9 Å². The summed E-state index contributed by atoms with van der Waals surface area (Å²) in [5.74, 6) is 1.67. The summed E-state index contributed by atoms with van der Waals surface area (Å²) < 4.78 is 10.5. The van der Waals surface area contributed by atoms with Crippen LogP contribution in [0, 0.1) is 0 Å². The second-order valence-electron chi connectivity index (χ2n) is 4.88. The lowest BCUT2D eigenvalue weighted by molar-refractivity contribution is 0.404. The molecule has 4 heteroatoms. The van der Waals surface area contributed by atoms with E-state index in [9.17, 15) is 5.11 Å². The van der Waals surface area contributed by atoms with E-state index in [-0.39, 0.29) is 11.8 Å². The average Bonchev–Trinajstić information content (AvgIpc) is 2.53. The summed E-state index contributed by atoms with van der Waals surface area (Å²) in [6, 6.07) is 13.2. The molecule has 0 spiro atoms. The third kappa shape index (κ3) is 3.05. The fourth-order valence-corrected chi connectivity index (χ4v) is 2.34. The number of rotatable bonds is 5. The third-order valence-electron chi connectivity index (χ3n) is 3.73. The van der Waals surface area contributed by atoms with Crippen LogP contribution in [0.3, 0.4) is 0 Å². The number of benzene rings is 2. The number of ether oxygens (including phenoxy) is 2. The molecular weight excluding hydrogens is 266 g/mol. The summed E-state index contributed by atoms with van der Waals surface area (Å²) in [6.07, 6.45) is 0. The number of phenolic OH excluding ortho intramolecular Hbond substituents is 1. The Bertz CT molecular complexity index is 613. The number of hydrogen-bond acceptors (Lipinski definition) is 4. The molecule has 0 bridgehead atoms. The zero-order valence-corrected chi connectivity index (χ0v) is 12.8. The monoisotopic (exact) mass is 287 g/mol. The molecule has 0 heterocycles. The molecule has 0 fully saturated rings. The largest absolute Gasteiger partial charge is 0.507 e. The van der Waals surface area contributed by atoms with Gasteiger partial charge in [0.25, 0.3) is 0 Å². The van der Waals surface area contributed by atoms with Crippen molar-refractivity contribution in [3.63, 3.8) is 0 Å². The minimum absolute atomic E-state index is 0.00722. The Kier molecular flexibility index (Phi) is 4.58. The molecule has 0 saturated carbocycles. The van der Waals surface area contributed by atoms with Crippen LogP contribution >= 0.6 is 0 Å². The van der Waals surface area contributed by atoms with Gasteiger partial charge >= 0.3 is 0 Å². The first-order valence-corrected chi connectivity index (χ1v) is 6.81. The number of para-hydroxylation sites is 2. The summed E-state index contributed by atoms with van der Waals surface area (Å²) >= 11 is 0. The highest BCUT2D eigenvalue weighted by atomic mass is 16.5. The van der Waals surface area contributed by atoms with E-state index in [1.54, 1.807) is 20.3 Å². The van der Waals surface area contributed by atoms with Crippen LogP contribution in [0.15, 0.2) is 42.5 Å². The maximum Gasteiger partial charge on any atom is 0.142 e. The van der Waals surface area contributed by atoms with Gasteiger partial charge in [0.05, 0.1) is 25.9 Å². The Hall–Kier alpha value is -2.36. The first-order chi connectivity index (χ1) is 10.1. The van der Waals surface area contributed by atoms with Crippen LogP contribution in [0.1, 0.15) is 18.5 Å². The van der Waals surface area contributed by atoms with Crippen molar-refractivity contribution in [3.05, 3.63) is 48.0 Å². The van der Waals surface area contributed by atoms with Gasteiger partial charge in [-0.2, -0.15) is 0 Å². The summed E-state index contributed by atoms with van der Waals surface area (Å²) in [5, 5.41) is 10.2. The number of anilines is 1. The molecule has 2 rings (SSSR count). The lowest BCUT2D eigenvalue weighted by Crippen LogP contribution is -2.22. The fraction of sp³-hybridized carbons (Fsp3) is 0.294. The second-order valence-corrected chi connectivity index (χ2v) is 4.88. The van der Waals surface area contributed by atoms with E-state index in [4.69, 9.17) is 9.47 Å². The zero-order valence-electron chi connectivity index (χ0n) is 12.8. The number of nitrogens with zero attached hydrogens (tertiary/aromatic N) is 1. The van der Waals surface area contributed by atoms with Crippen molar-refractivity contribution in [1.82, 2.24) is 0 Å². The summed E-state index contributed by atoms with van der Waals surface area (Å²) in [4.78, 5) is 2.07. The van der Waals surface area contributed by atoms with Gasteiger partial charge in [-0.05, 0) is 31.2 Å². The quantitative estimate of drug-likeness (QED) is 0.912. The molecule has 0 aliphatic rings. The molecule has 2 aromatic rings. The molecule has 0 aliphatic heterocycles. The Morgan fingerprint density at radius 3 is 2.38 bits per heavy atom. The Morgan fingerprint density at radius 1 is 1.05 bits per heavy atom. The van der Waals surface area contributed by atoms with Crippen molar-refractivity contribution in [1.29, 1.82) is 0 Å². The summed E-state index contributed by atoms with van der Waals surface area (Å²) in [7, 11) is 5.22. The molecule has 0 amide bonds. The molecule has 0 aliphatic carbocycles. The van der Waals surface area contributed by atoms with E-state index in [1.165, 1.54) is 0 Å². The molecule has 0 saturated heterocycles. The Balaban J connectivity index is 2.32. The van der Waals surface area contributed by atoms with E-state index in [2.05, 4.69) is 4.90 Å². The van der Waals surface area contributed by atoms with Gasteiger partial charge < -0.3 is 19.5 Å². The van der Waals surface area contributed by atoms with Crippen LogP contribution in [-0.4, -0.2) is 26.4 Å². The first-order valence-electron chi connectivity index (χ1n) is 6.81. The number of phenols is 1. The second kappa shape index (κ2) is 6.39. The molecule has 1 unspecified atom stereocenters.